The lowest BCUT2D eigenvalue weighted by Crippen LogP contribution is -2.47. The predicted octanol–water partition coefficient (Wildman–Crippen LogP) is 6.62. The third kappa shape index (κ3) is 6.55. The summed E-state index contributed by atoms with van der Waals surface area (Å²) in [5.74, 6) is -2.17. The maximum Gasteiger partial charge on any atom is 0.355 e. The van der Waals surface area contributed by atoms with E-state index in [4.69, 9.17) is 28.9 Å². The van der Waals surface area contributed by atoms with Crippen LogP contribution >= 0.6 is 0 Å². The molecule has 0 aliphatic carbocycles. The molecule has 10 rings (SSSR count). The lowest BCUT2D eigenvalue weighted by Gasteiger charge is -2.35. The Kier molecular flexibility index (Phi) is 10.8. The van der Waals surface area contributed by atoms with Gasteiger partial charge in [0.1, 0.15) is 24.7 Å². The van der Waals surface area contributed by atoms with Gasteiger partial charge in [-0.25, -0.2) is 19.6 Å². The second-order valence-electron chi connectivity index (χ2n) is 16.9. The summed E-state index contributed by atoms with van der Waals surface area (Å²) in [5.41, 5.74) is 5.24. The maximum atomic E-state index is 13.6. The van der Waals surface area contributed by atoms with E-state index in [1.165, 1.54) is 6.92 Å². The van der Waals surface area contributed by atoms with Gasteiger partial charge in [0.25, 0.3) is 11.1 Å². The molecule has 0 bridgehead atoms. The van der Waals surface area contributed by atoms with Gasteiger partial charge >= 0.3 is 23.9 Å². The highest BCUT2D eigenvalue weighted by Crippen LogP contribution is 2.44. The number of benzene rings is 2. The largest absolute Gasteiger partial charge is 0.508 e. The van der Waals surface area contributed by atoms with Crippen LogP contribution in [0.15, 0.2) is 58.1 Å². The van der Waals surface area contributed by atoms with Crippen molar-refractivity contribution in [1.82, 2.24) is 19.1 Å². The van der Waals surface area contributed by atoms with Crippen LogP contribution in [0.3, 0.4) is 0 Å². The molecule has 2 N–H and O–H groups in total. The fourth-order valence-corrected chi connectivity index (χ4v) is 10.1. The Labute approximate surface area is 377 Å². The number of cyclic esters (lactones) is 2. The summed E-state index contributed by atoms with van der Waals surface area (Å²) in [6, 6.07) is 13.6. The number of nitrogens with zero attached hydrogens (tertiary/aromatic N) is 4. The number of aromatic nitrogens is 4. The highest BCUT2D eigenvalue weighted by atomic mass is 16.6. The fraction of sp³-hybridized carbons (Fsp3) is 0.360. The minimum absolute atomic E-state index is 0.138. The number of aromatic hydroxyl groups is 2. The number of phenolic OH excluding ortho intramolecular Hbond substituents is 2. The molecule has 0 amide bonds. The van der Waals surface area contributed by atoms with Crippen LogP contribution in [0.2, 0.25) is 0 Å². The first-order chi connectivity index (χ1) is 31.6. The van der Waals surface area contributed by atoms with Crippen molar-refractivity contribution < 1.29 is 48.3 Å². The van der Waals surface area contributed by atoms with Crippen LogP contribution in [-0.2, 0) is 88.5 Å². The van der Waals surface area contributed by atoms with E-state index in [2.05, 4.69) is 0 Å². The van der Waals surface area contributed by atoms with Gasteiger partial charge in [0, 0.05) is 46.4 Å². The summed E-state index contributed by atoms with van der Waals surface area (Å²) in [4.78, 5) is 86.8. The first kappa shape index (κ1) is 43.9. The quantitative estimate of drug-likeness (QED) is 0.121. The number of aryl methyl sites for hydroxylation is 2. The number of hydrogen-bond acceptors (Lipinski definition) is 14. The molecule has 66 heavy (non-hydrogen) atoms. The third-order valence-corrected chi connectivity index (χ3v) is 13.3. The highest BCUT2D eigenvalue weighted by molar-refractivity contribution is 5.92. The predicted molar refractivity (Wildman–Crippen MR) is 239 cm³/mol. The lowest BCUT2D eigenvalue weighted by molar-refractivity contribution is -0.189. The second kappa shape index (κ2) is 16.3. The van der Waals surface area contributed by atoms with E-state index in [-0.39, 0.29) is 55.1 Å². The molecule has 340 valence electrons. The van der Waals surface area contributed by atoms with Gasteiger partial charge in [-0.05, 0) is 91.8 Å². The van der Waals surface area contributed by atoms with Crippen molar-refractivity contribution in [3.8, 4) is 34.3 Å². The average molecular weight is 897 g/mol. The monoisotopic (exact) mass is 896 g/mol. The molecule has 2 aromatic carbocycles. The van der Waals surface area contributed by atoms with Gasteiger partial charge in [-0.1, -0.05) is 34.6 Å². The number of ether oxygens (including phenoxy) is 4. The SMILES string of the molecule is CCCC(=O)O[C@]1(CC)C(=O)OCc2c1cc1n(c2=O)Cc2c-1nc1ccc(O)cc1c2CC.CCc1c2c(nc3ccc(O)cc13)-c1cc3c(c(=O)n1C2)COC(=O)[C@@]3(CC)OC(C)=O. The van der Waals surface area contributed by atoms with Crippen LogP contribution in [0.4, 0.5) is 0 Å². The number of pyridine rings is 4. The molecule has 8 heterocycles. The van der Waals surface area contributed by atoms with Gasteiger partial charge in [-0.15, -0.1) is 0 Å². The van der Waals surface area contributed by atoms with Crippen LogP contribution in [0.25, 0.3) is 44.6 Å². The van der Waals surface area contributed by atoms with Crippen LogP contribution in [-0.4, -0.2) is 53.2 Å². The Bertz CT molecular complexity index is 3240. The van der Waals surface area contributed by atoms with Crippen LogP contribution in [0, 0.1) is 0 Å². The number of carbonyl (C=O) groups excluding carboxylic acids is 4. The van der Waals surface area contributed by atoms with Gasteiger partial charge in [0.2, 0.25) is 11.2 Å². The van der Waals surface area contributed by atoms with E-state index >= 15 is 0 Å². The molecule has 6 aromatic rings. The maximum absolute atomic E-state index is 13.6. The number of esters is 4. The Balaban J connectivity index is 0.000000166. The molecule has 4 aromatic heterocycles. The molecule has 16 heteroatoms. The minimum Gasteiger partial charge on any atom is -0.508 e. The fourth-order valence-electron chi connectivity index (χ4n) is 10.1. The van der Waals surface area contributed by atoms with E-state index < -0.39 is 35.1 Å². The van der Waals surface area contributed by atoms with Gasteiger partial charge in [0.15, 0.2) is 0 Å². The Morgan fingerprint density at radius 3 is 1.48 bits per heavy atom. The van der Waals surface area contributed by atoms with Crippen molar-refractivity contribution in [3.05, 3.63) is 114 Å². The molecule has 2 atom stereocenters. The molecular formula is C50H48N4O12. The molecule has 0 saturated carbocycles. The highest BCUT2D eigenvalue weighted by Gasteiger charge is 2.51. The van der Waals surface area contributed by atoms with E-state index in [1.54, 1.807) is 71.5 Å². The van der Waals surface area contributed by atoms with Crippen LogP contribution < -0.4 is 11.1 Å². The Hall–Kier alpha value is -7.36. The van der Waals surface area contributed by atoms with Gasteiger partial charge in [-0.3, -0.25) is 19.2 Å². The van der Waals surface area contributed by atoms with Gasteiger partial charge < -0.3 is 38.3 Å². The van der Waals surface area contributed by atoms with Crippen molar-refractivity contribution >= 4 is 45.7 Å². The molecular weight excluding hydrogens is 849 g/mol. The molecule has 0 unspecified atom stereocenters. The number of fused-ring (bicyclic) bond motifs is 10. The summed E-state index contributed by atoms with van der Waals surface area (Å²) in [6.45, 7) is 10.9. The smallest absolute Gasteiger partial charge is 0.355 e. The first-order valence-electron chi connectivity index (χ1n) is 22.2. The summed E-state index contributed by atoms with van der Waals surface area (Å²) in [6.07, 6.45) is 2.42. The zero-order valence-corrected chi connectivity index (χ0v) is 37.5. The molecule has 0 radical (unpaired) electrons. The molecule has 4 aliphatic heterocycles. The van der Waals surface area contributed by atoms with Gasteiger partial charge in [0.05, 0.1) is 58.0 Å². The van der Waals surface area contributed by atoms with Crippen molar-refractivity contribution in [2.45, 2.75) is 118 Å². The number of hydrogen-bond donors (Lipinski definition) is 2. The Morgan fingerprint density at radius 1 is 0.652 bits per heavy atom. The Morgan fingerprint density at radius 2 is 1.09 bits per heavy atom. The number of phenols is 2. The molecule has 0 fully saturated rings. The number of rotatable bonds is 8. The van der Waals surface area contributed by atoms with E-state index in [0.717, 1.165) is 33.0 Å². The normalized spacial score (nSPS) is 18.5. The number of carbonyl (C=O) groups is 4. The first-order valence-corrected chi connectivity index (χ1v) is 22.2. The standard InChI is InChI=1S/C26H26N2O6.C24H22N2O6/c1-4-7-22(30)34-26(6-3)19-11-21-23-17(12-28(21)24(31)18(19)13-33-25(26)32)15(5-2)16-10-14(29)8-9-20(16)27-23;1-4-14-15-8-13(28)6-7-19(15)25-21-16(14)10-26-20(21)9-18-17(22(26)29)11-31-23(30)24(18,5-2)32-12(3)27/h8-11,29H,4-7,12-13H2,1-3H3;6-9,28H,4-5,10-11H2,1-3H3/t26-;24-/m00/s1. The van der Waals surface area contributed by atoms with Gasteiger partial charge in [-0.2, -0.15) is 0 Å². The minimum atomic E-state index is -1.66. The van der Waals surface area contributed by atoms with Crippen molar-refractivity contribution in [2.24, 2.45) is 0 Å². The summed E-state index contributed by atoms with van der Waals surface area (Å²) < 4.78 is 25.1. The molecule has 4 aliphatic rings. The van der Waals surface area contributed by atoms with E-state index in [0.29, 0.717) is 88.4 Å². The summed E-state index contributed by atoms with van der Waals surface area (Å²) in [7, 11) is 0. The second-order valence-corrected chi connectivity index (χ2v) is 16.9. The summed E-state index contributed by atoms with van der Waals surface area (Å²) in [5, 5.41) is 21.7. The average Bonchev–Trinajstić information content (AvgIpc) is 3.85. The van der Waals surface area contributed by atoms with E-state index in [9.17, 15) is 39.0 Å². The van der Waals surface area contributed by atoms with Crippen LogP contribution in [0.1, 0.15) is 112 Å². The van der Waals surface area contributed by atoms with Crippen molar-refractivity contribution in [2.75, 3.05) is 0 Å². The third-order valence-electron chi connectivity index (χ3n) is 13.3. The molecule has 0 spiro atoms. The summed E-state index contributed by atoms with van der Waals surface area (Å²) >= 11 is 0. The zero-order valence-electron chi connectivity index (χ0n) is 37.5. The molecule has 16 nitrogen and oxygen atoms in total. The lowest BCUT2D eigenvalue weighted by atomic mass is 9.85. The van der Waals surface area contributed by atoms with Crippen LogP contribution in [0.5, 0.6) is 11.5 Å². The van der Waals surface area contributed by atoms with Crippen molar-refractivity contribution in [1.29, 1.82) is 0 Å². The van der Waals surface area contributed by atoms with E-state index in [1.807, 2.05) is 20.8 Å². The molecule has 0 saturated heterocycles. The van der Waals surface area contributed by atoms with Crippen molar-refractivity contribution in [3.63, 3.8) is 0 Å². The topological polar surface area (TPSA) is 215 Å². The zero-order chi connectivity index (χ0) is 47.0.